The number of nitrogens with zero attached hydrogens (tertiary/aromatic N) is 1. The molecule has 1 aliphatic heterocycles. The fourth-order valence-electron chi connectivity index (χ4n) is 4.50. The molecule has 5 rings (SSSR count). The highest BCUT2D eigenvalue weighted by molar-refractivity contribution is 9.10. The number of hydrogen-bond acceptors (Lipinski definition) is 4. The zero-order valence-electron chi connectivity index (χ0n) is 17.2. The molecule has 2 heterocycles. The van der Waals surface area contributed by atoms with Gasteiger partial charge in [-0.05, 0) is 67.5 Å². The average molecular weight is 475 g/mol. The van der Waals surface area contributed by atoms with E-state index in [0.29, 0.717) is 24.6 Å². The van der Waals surface area contributed by atoms with E-state index in [1.807, 2.05) is 61.6 Å². The molecular weight excluding hydrogens is 452 g/mol. The van der Waals surface area contributed by atoms with Crippen LogP contribution in [0.4, 0.5) is 0 Å². The number of hydrogen-bond donors (Lipinski definition) is 2. The minimum atomic E-state index is -1.14. The number of halogens is 1. The van der Waals surface area contributed by atoms with E-state index in [1.54, 1.807) is 0 Å². The summed E-state index contributed by atoms with van der Waals surface area (Å²) in [5.41, 5.74) is 2.45. The van der Waals surface area contributed by atoms with Crippen LogP contribution in [-0.2, 0) is 5.60 Å². The van der Waals surface area contributed by atoms with Crippen molar-refractivity contribution in [2.24, 2.45) is 0 Å². The average Bonchev–Trinajstić information content (AvgIpc) is 2.78. The quantitative estimate of drug-likeness (QED) is 0.396. The van der Waals surface area contributed by atoms with Gasteiger partial charge < -0.3 is 15.2 Å². The Morgan fingerprint density at radius 2 is 1.87 bits per heavy atom. The van der Waals surface area contributed by atoms with Crippen LogP contribution in [0.1, 0.15) is 29.0 Å². The van der Waals surface area contributed by atoms with E-state index in [9.17, 15) is 5.11 Å². The number of pyridine rings is 1. The van der Waals surface area contributed by atoms with E-state index in [0.717, 1.165) is 32.1 Å². The maximum atomic E-state index is 12.3. The summed E-state index contributed by atoms with van der Waals surface area (Å²) < 4.78 is 7.27. The largest absolute Gasteiger partial charge is 0.439 e. The molecule has 0 radical (unpaired) electrons. The van der Waals surface area contributed by atoms with E-state index in [2.05, 4.69) is 45.5 Å². The zero-order chi connectivity index (χ0) is 21.4. The molecule has 1 aromatic heterocycles. The molecule has 2 N–H and O–H groups in total. The molecule has 0 saturated heterocycles. The molecule has 0 spiro atoms. The van der Waals surface area contributed by atoms with E-state index in [1.165, 1.54) is 0 Å². The molecule has 0 fully saturated rings. The maximum absolute atomic E-state index is 12.3. The Bertz CT molecular complexity index is 1240. The Morgan fingerprint density at radius 3 is 2.68 bits per heavy atom. The van der Waals surface area contributed by atoms with Crippen LogP contribution >= 0.6 is 15.9 Å². The second kappa shape index (κ2) is 8.08. The summed E-state index contributed by atoms with van der Waals surface area (Å²) in [6.45, 7) is 0.673. The maximum Gasteiger partial charge on any atom is 0.223 e. The number of rotatable bonds is 4. The summed E-state index contributed by atoms with van der Waals surface area (Å²) in [5.74, 6) is 0.865. The van der Waals surface area contributed by atoms with Gasteiger partial charge in [0.25, 0.3) is 0 Å². The molecule has 0 saturated carbocycles. The number of fused-ring (bicyclic) bond motifs is 4. The van der Waals surface area contributed by atoms with Crippen LogP contribution in [0.15, 0.2) is 83.3 Å². The van der Waals surface area contributed by atoms with Gasteiger partial charge in [0.15, 0.2) is 0 Å². The third kappa shape index (κ3) is 3.63. The van der Waals surface area contributed by atoms with Gasteiger partial charge in [-0.2, -0.15) is 0 Å². The SMILES string of the molecule is CNCCC1(O)c2cccc(c2)Oc2nc3ccc(Br)cc3cc2C1c1ccccc1. The van der Waals surface area contributed by atoms with Crippen LogP contribution in [0.25, 0.3) is 10.9 Å². The van der Waals surface area contributed by atoms with Gasteiger partial charge in [-0.25, -0.2) is 4.98 Å². The highest BCUT2D eigenvalue weighted by Crippen LogP contribution is 2.49. The second-order valence-electron chi connectivity index (χ2n) is 7.97. The first-order valence-corrected chi connectivity index (χ1v) is 11.2. The molecule has 4 aromatic rings. The summed E-state index contributed by atoms with van der Waals surface area (Å²) in [4.78, 5) is 4.86. The highest BCUT2D eigenvalue weighted by Gasteiger charge is 2.43. The van der Waals surface area contributed by atoms with Crippen molar-refractivity contribution < 1.29 is 9.84 Å². The van der Waals surface area contributed by atoms with Gasteiger partial charge in [0.2, 0.25) is 5.88 Å². The van der Waals surface area contributed by atoms with Crippen molar-refractivity contribution in [3.05, 3.63) is 100 Å². The fraction of sp³-hybridized carbons (Fsp3) is 0.192. The van der Waals surface area contributed by atoms with E-state index < -0.39 is 5.60 Å². The second-order valence-corrected chi connectivity index (χ2v) is 8.89. The summed E-state index contributed by atoms with van der Waals surface area (Å²) in [7, 11) is 1.91. The van der Waals surface area contributed by atoms with Crippen LogP contribution in [0.2, 0.25) is 0 Å². The molecule has 0 aliphatic carbocycles. The lowest BCUT2D eigenvalue weighted by Gasteiger charge is -2.39. The first-order valence-electron chi connectivity index (χ1n) is 10.4. The number of nitrogens with one attached hydrogen (secondary N) is 1. The Kier molecular flexibility index (Phi) is 5.26. The summed E-state index contributed by atoms with van der Waals surface area (Å²) in [6.07, 6.45) is 0.544. The van der Waals surface area contributed by atoms with Gasteiger partial charge in [0.05, 0.1) is 5.52 Å². The predicted octanol–water partition coefficient (Wildman–Crippen LogP) is 5.73. The van der Waals surface area contributed by atoms with E-state index in [-0.39, 0.29) is 5.92 Å². The molecular formula is C26H23BrN2O2. The molecule has 0 amide bonds. The van der Waals surface area contributed by atoms with Crippen LogP contribution < -0.4 is 10.1 Å². The Hall–Kier alpha value is -2.73. The summed E-state index contributed by atoms with van der Waals surface area (Å²) in [6, 6.07) is 26.0. The molecule has 31 heavy (non-hydrogen) atoms. The highest BCUT2D eigenvalue weighted by atomic mass is 79.9. The molecule has 4 nitrogen and oxygen atoms in total. The Balaban J connectivity index is 1.84. The van der Waals surface area contributed by atoms with E-state index in [4.69, 9.17) is 9.72 Å². The Morgan fingerprint density at radius 1 is 1.03 bits per heavy atom. The van der Waals surface area contributed by atoms with Gasteiger partial charge in [-0.1, -0.05) is 58.4 Å². The zero-order valence-corrected chi connectivity index (χ0v) is 18.8. The van der Waals surface area contributed by atoms with Gasteiger partial charge in [-0.15, -0.1) is 0 Å². The number of ether oxygens (including phenoxy) is 1. The normalized spacial score (nSPS) is 19.9. The lowest BCUT2D eigenvalue weighted by molar-refractivity contribution is 0.00948. The first-order chi connectivity index (χ1) is 15.1. The minimum absolute atomic E-state index is 0.344. The lowest BCUT2D eigenvalue weighted by Crippen LogP contribution is -2.38. The third-order valence-corrected chi connectivity index (χ3v) is 6.49. The minimum Gasteiger partial charge on any atom is -0.439 e. The monoisotopic (exact) mass is 474 g/mol. The molecule has 2 unspecified atom stereocenters. The molecule has 3 aromatic carbocycles. The van der Waals surface area contributed by atoms with Gasteiger partial charge >= 0.3 is 0 Å². The summed E-state index contributed by atoms with van der Waals surface area (Å²) >= 11 is 3.57. The molecule has 1 aliphatic rings. The van der Waals surface area contributed by atoms with Gasteiger partial charge in [0.1, 0.15) is 11.4 Å². The molecule has 156 valence electrons. The van der Waals surface area contributed by atoms with E-state index >= 15 is 0 Å². The number of benzene rings is 3. The third-order valence-electron chi connectivity index (χ3n) is 6.00. The number of aliphatic hydroxyl groups is 1. The van der Waals surface area contributed by atoms with Gasteiger partial charge in [0, 0.05) is 21.3 Å². The Labute approximate surface area is 190 Å². The van der Waals surface area contributed by atoms with Crippen LogP contribution in [0.3, 0.4) is 0 Å². The van der Waals surface area contributed by atoms with Crippen molar-refractivity contribution in [3.63, 3.8) is 0 Å². The summed E-state index contributed by atoms with van der Waals surface area (Å²) in [5, 5.41) is 16.5. The van der Waals surface area contributed by atoms with Crippen LogP contribution in [0, 0.1) is 0 Å². The van der Waals surface area contributed by atoms with Crippen molar-refractivity contribution in [2.45, 2.75) is 17.9 Å². The van der Waals surface area contributed by atoms with Crippen LogP contribution in [0.5, 0.6) is 11.6 Å². The van der Waals surface area contributed by atoms with Crippen molar-refractivity contribution in [1.29, 1.82) is 0 Å². The molecule has 2 atom stereocenters. The van der Waals surface area contributed by atoms with Crippen LogP contribution in [-0.4, -0.2) is 23.7 Å². The standard InChI is InChI=1S/C26H23BrN2O2/c1-28-13-12-26(30)19-8-5-9-21(16-19)31-25-22(24(26)17-6-3-2-4-7-17)15-18-14-20(27)10-11-23(18)29-25/h2-11,14-16,24,28,30H,12-13H2,1H3. The van der Waals surface area contributed by atoms with Crippen molar-refractivity contribution in [1.82, 2.24) is 10.3 Å². The predicted molar refractivity (Wildman–Crippen MR) is 127 cm³/mol. The molecule has 5 heteroatoms. The van der Waals surface area contributed by atoms with Crippen molar-refractivity contribution >= 4 is 26.8 Å². The van der Waals surface area contributed by atoms with Gasteiger partial charge in [-0.3, -0.25) is 0 Å². The number of aromatic nitrogens is 1. The van der Waals surface area contributed by atoms with Crippen molar-refractivity contribution in [3.8, 4) is 11.6 Å². The fourth-order valence-corrected chi connectivity index (χ4v) is 4.88. The topological polar surface area (TPSA) is 54.4 Å². The van der Waals surface area contributed by atoms with Crippen molar-refractivity contribution in [2.75, 3.05) is 13.6 Å². The smallest absolute Gasteiger partial charge is 0.223 e. The lowest BCUT2D eigenvalue weighted by atomic mass is 9.71. The molecule has 2 bridgehead atoms. The first kappa shape index (κ1) is 20.2.